The molecule has 2 aromatic heterocycles. The zero-order valence-corrected chi connectivity index (χ0v) is 15.9. The number of ether oxygens (including phenoxy) is 1. The third kappa shape index (κ3) is 4.74. The van der Waals surface area contributed by atoms with Gasteiger partial charge in [0.2, 0.25) is 0 Å². The molecule has 148 valence electrons. The average molecular weight is 412 g/mol. The maximum Gasteiger partial charge on any atom is 0.355 e. The number of H-pyrrole nitrogens is 1. The summed E-state index contributed by atoms with van der Waals surface area (Å²) in [6, 6.07) is 9.16. The number of non-ortho nitro benzene ring substituents is 1. The monoisotopic (exact) mass is 412 g/mol. The van der Waals surface area contributed by atoms with Crippen LogP contribution in [0.3, 0.4) is 0 Å². The third-order valence-corrected chi connectivity index (χ3v) is 4.72. The fourth-order valence-electron chi connectivity index (χ4n) is 2.43. The molecule has 29 heavy (non-hydrogen) atoms. The van der Waals surface area contributed by atoms with E-state index in [2.05, 4.69) is 16.5 Å². The summed E-state index contributed by atoms with van der Waals surface area (Å²) in [5.74, 6) is -1.08. The number of benzene rings is 1. The zero-order chi connectivity index (χ0) is 20.8. The molecule has 0 saturated heterocycles. The summed E-state index contributed by atoms with van der Waals surface area (Å²) in [4.78, 5) is 43.2. The minimum Gasteiger partial charge on any atom is -0.451 e. The Hall–Kier alpha value is -3.79. The molecule has 1 N–H and O–H groups in total. The van der Waals surface area contributed by atoms with Crippen LogP contribution < -0.4 is 4.90 Å². The van der Waals surface area contributed by atoms with Gasteiger partial charge < -0.3 is 9.72 Å². The van der Waals surface area contributed by atoms with Crippen LogP contribution in [0.2, 0.25) is 0 Å². The van der Waals surface area contributed by atoms with Crippen molar-refractivity contribution in [1.29, 1.82) is 0 Å². The van der Waals surface area contributed by atoms with Gasteiger partial charge in [0.25, 0.3) is 11.6 Å². The highest BCUT2D eigenvalue weighted by atomic mass is 32.1. The molecule has 10 heteroatoms. The van der Waals surface area contributed by atoms with E-state index in [9.17, 15) is 19.7 Å². The number of nitrogens with zero attached hydrogens (tertiary/aromatic N) is 3. The lowest BCUT2D eigenvalue weighted by Gasteiger charge is -2.17. The van der Waals surface area contributed by atoms with Crippen molar-refractivity contribution in [2.24, 2.45) is 0 Å². The lowest BCUT2D eigenvalue weighted by molar-refractivity contribution is -0.384. The molecule has 2 heterocycles. The van der Waals surface area contributed by atoms with E-state index < -0.39 is 23.4 Å². The summed E-state index contributed by atoms with van der Waals surface area (Å²) in [7, 11) is 0. The van der Waals surface area contributed by atoms with E-state index in [1.54, 1.807) is 35.8 Å². The molecule has 0 aliphatic rings. The molecule has 0 radical (unpaired) electrons. The van der Waals surface area contributed by atoms with Crippen LogP contribution in [0.15, 0.2) is 60.6 Å². The molecule has 3 aromatic rings. The van der Waals surface area contributed by atoms with Crippen molar-refractivity contribution >= 4 is 34.0 Å². The minimum atomic E-state index is -0.632. The first-order valence-electron chi connectivity index (χ1n) is 8.41. The van der Waals surface area contributed by atoms with Gasteiger partial charge in [-0.3, -0.25) is 19.8 Å². The van der Waals surface area contributed by atoms with E-state index in [1.807, 2.05) is 0 Å². The predicted molar refractivity (Wildman–Crippen MR) is 108 cm³/mol. The number of hydrogen-bond acceptors (Lipinski definition) is 7. The Labute approximate surface area is 169 Å². The highest BCUT2D eigenvalue weighted by Crippen LogP contribution is 2.28. The second kappa shape index (κ2) is 8.93. The second-order valence-electron chi connectivity index (χ2n) is 5.77. The Morgan fingerprint density at radius 3 is 2.69 bits per heavy atom. The van der Waals surface area contributed by atoms with Crippen molar-refractivity contribution in [3.63, 3.8) is 0 Å². The van der Waals surface area contributed by atoms with E-state index >= 15 is 0 Å². The Balaban J connectivity index is 1.71. The molecule has 0 atom stereocenters. The van der Waals surface area contributed by atoms with E-state index in [-0.39, 0.29) is 17.9 Å². The number of carbonyl (C=O) groups is 2. The zero-order valence-electron chi connectivity index (χ0n) is 15.1. The van der Waals surface area contributed by atoms with Gasteiger partial charge >= 0.3 is 5.97 Å². The van der Waals surface area contributed by atoms with E-state index in [0.717, 1.165) is 0 Å². The molecular formula is C19H16N4O5S. The first kappa shape index (κ1) is 20.0. The van der Waals surface area contributed by atoms with Crippen LogP contribution in [0.25, 0.3) is 11.3 Å². The topological polar surface area (TPSA) is 118 Å². The molecule has 0 saturated carbocycles. The van der Waals surface area contributed by atoms with Crippen molar-refractivity contribution in [3.05, 3.63) is 76.4 Å². The van der Waals surface area contributed by atoms with Crippen molar-refractivity contribution in [3.8, 4) is 11.3 Å². The number of carbonyl (C=O) groups excluding carboxylic acids is 2. The number of aromatic nitrogens is 2. The smallest absolute Gasteiger partial charge is 0.355 e. The van der Waals surface area contributed by atoms with Gasteiger partial charge in [-0.2, -0.15) is 0 Å². The number of aromatic amines is 1. The van der Waals surface area contributed by atoms with Crippen LogP contribution in [0.4, 0.5) is 10.8 Å². The van der Waals surface area contributed by atoms with Crippen LogP contribution in [0.5, 0.6) is 0 Å². The first-order valence-corrected chi connectivity index (χ1v) is 9.29. The van der Waals surface area contributed by atoms with E-state index in [0.29, 0.717) is 16.4 Å². The molecule has 0 unspecified atom stereocenters. The minimum absolute atomic E-state index is 0.0171. The second-order valence-corrected chi connectivity index (χ2v) is 6.61. The van der Waals surface area contributed by atoms with Crippen molar-refractivity contribution in [1.82, 2.24) is 9.97 Å². The van der Waals surface area contributed by atoms with Gasteiger partial charge in [-0.15, -0.1) is 17.9 Å². The van der Waals surface area contributed by atoms with Crippen molar-refractivity contribution in [2.45, 2.75) is 0 Å². The summed E-state index contributed by atoms with van der Waals surface area (Å²) >= 11 is 1.23. The fraction of sp³-hybridized carbons (Fsp3) is 0.105. The van der Waals surface area contributed by atoms with Crippen molar-refractivity contribution in [2.75, 3.05) is 18.1 Å². The predicted octanol–water partition coefficient (Wildman–Crippen LogP) is 3.42. The van der Waals surface area contributed by atoms with Crippen molar-refractivity contribution < 1.29 is 19.2 Å². The summed E-state index contributed by atoms with van der Waals surface area (Å²) in [5, 5.41) is 12.9. The summed E-state index contributed by atoms with van der Waals surface area (Å²) in [6.07, 6.45) is 3.12. The first-order chi connectivity index (χ1) is 14.0. The highest BCUT2D eigenvalue weighted by Gasteiger charge is 2.21. The number of nitro benzene ring substituents is 1. The van der Waals surface area contributed by atoms with Gasteiger partial charge in [0.1, 0.15) is 5.69 Å². The number of esters is 1. The number of thiazole rings is 1. The standard InChI is InChI=1S/C19H16N4O5S/c1-2-10-22(17(24)11-28-18(25)15-4-3-9-20-15)19-21-16(12-29-19)13-5-7-14(8-6-13)23(26)27/h2-9,12,20H,1,10-11H2. The lowest BCUT2D eigenvalue weighted by Crippen LogP contribution is -2.34. The summed E-state index contributed by atoms with van der Waals surface area (Å²) in [6.45, 7) is 3.38. The molecule has 9 nitrogen and oxygen atoms in total. The number of anilines is 1. The number of nitro groups is 1. The maximum absolute atomic E-state index is 12.6. The molecular weight excluding hydrogens is 396 g/mol. The van der Waals surface area contributed by atoms with Gasteiger partial charge in [-0.1, -0.05) is 6.08 Å². The third-order valence-electron chi connectivity index (χ3n) is 3.85. The molecule has 3 rings (SSSR count). The molecule has 0 spiro atoms. The largest absolute Gasteiger partial charge is 0.451 e. The number of amides is 1. The highest BCUT2D eigenvalue weighted by molar-refractivity contribution is 7.14. The van der Waals surface area contributed by atoms with Gasteiger partial charge in [0.15, 0.2) is 11.7 Å². The quantitative estimate of drug-likeness (QED) is 0.262. The Bertz CT molecular complexity index is 1030. The molecule has 1 aromatic carbocycles. The Morgan fingerprint density at radius 2 is 2.07 bits per heavy atom. The normalized spacial score (nSPS) is 10.3. The maximum atomic E-state index is 12.6. The molecule has 0 aliphatic heterocycles. The molecule has 0 bridgehead atoms. The molecule has 0 aliphatic carbocycles. The van der Waals surface area contributed by atoms with Crippen LogP contribution >= 0.6 is 11.3 Å². The van der Waals surface area contributed by atoms with E-state index in [4.69, 9.17) is 4.74 Å². The van der Waals surface area contributed by atoms with Crippen LogP contribution in [-0.4, -0.2) is 39.9 Å². The summed E-state index contributed by atoms with van der Waals surface area (Å²) < 4.78 is 5.04. The van der Waals surface area contributed by atoms with Gasteiger partial charge in [-0.25, -0.2) is 9.78 Å². The number of rotatable bonds is 8. The molecule has 1 amide bonds. The number of nitrogens with one attached hydrogen (secondary N) is 1. The Morgan fingerprint density at radius 1 is 1.31 bits per heavy atom. The SMILES string of the molecule is C=CCN(C(=O)COC(=O)c1ccc[nH]1)c1nc(-c2ccc([N+](=O)[O-])cc2)cs1. The van der Waals surface area contributed by atoms with Gasteiger partial charge in [0, 0.05) is 35.8 Å². The van der Waals surface area contributed by atoms with E-state index in [1.165, 1.54) is 34.4 Å². The molecule has 0 fully saturated rings. The van der Waals surface area contributed by atoms with Gasteiger partial charge in [-0.05, 0) is 24.3 Å². The fourth-order valence-corrected chi connectivity index (χ4v) is 3.29. The van der Waals surface area contributed by atoms with Crippen LogP contribution in [0, 0.1) is 10.1 Å². The average Bonchev–Trinajstić information content (AvgIpc) is 3.42. The number of hydrogen-bond donors (Lipinski definition) is 1. The van der Waals surface area contributed by atoms with Crippen LogP contribution in [0.1, 0.15) is 10.5 Å². The summed E-state index contributed by atoms with van der Waals surface area (Å²) in [5.41, 5.74) is 1.49. The Kier molecular flexibility index (Phi) is 6.15. The van der Waals surface area contributed by atoms with Crippen LogP contribution in [-0.2, 0) is 9.53 Å². The lowest BCUT2D eigenvalue weighted by atomic mass is 10.1. The van der Waals surface area contributed by atoms with Gasteiger partial charge in [0.05, 0.1) is 10.6 Å².